The van der Waals surface area contributed by atoms with Crippen LogP contribution in [0.5, 0.6) is 0 Å². The van der Waals surface area contributed by atoms with E-state index in [1.54, 1.807) is 0 Å². The van der Waals surface area contributed by atoms with Gasteiger partial charge in [0, 0.05) is 20.1 Å². The van der Waals surface area contributed by atoms with Gasteiger partial charge >= 0.3 is 0 Å². The monoisotopic (exact) mass is 273 g/mol. The van der Waals surface area contributed by atoms with Crippen LogP contribution in [-0.4, -0.2) is 20.1 Å². The molecule has 0 spiro atoms. The average Bonchev–Trinajstić information content (AvgIpc) is 2.47. The van der Waals surface area contributed by atoms with Gasteiger partial charge in [0.25, 0.3) is 0 Å². The Morgan fingerprint density at radius 2 is 2.10 bits per heavy atom. The first-order valence-corrected chi connectivity index (χ1v) is 7.57. The van der Waals surface area contributed by atoms with Gasteiger partial charge in [0.15, 0.2) is 0 Å². The summed E-state index contributed by atoms with van der Waals surface area (Å²) in [5, 5.41) is 12.7. The van der Waals surface area contributed by atoms with Crippen molar-refractivity contribution in [1.29, 1.82) is 5.26 Å². The standard InChI is InChI=1S/C17H27N3/c1-5-9-19-12-15-7-8-17(16(10-15)11-18)20(4)13-14(3)6-2/h7-8,10,14,19H,5-6,9,12-13H2,1-4H3. The molecule has 1 aromatic carbocycles. The van der Waals surface area contributed by atoms with Gasteiger partial charge in [0.1, 0.15) is 6.07 Å². The molecule has 0 saturated heterocycles. The van der Waals surface area contributed by atoms with E-state index in [0.717, 1.165) is 43.7 Å². The molecule has 0 aliphatic rings. The van der Waals surface area contributed by atoms with Gasteiger partial charge in [-0.2, -0.15) is 5.26 Å². The molecule has 1 atom stereocenters. The minimum atomic E-state index is 0.637. The molecule has 0 aliphatic heterocycles. The van der Waals surface area contributed by atoms with Gasteiger partial charge in [-0.25, -0.2) is 0 Å². The molecule has 0 bridgehead atoms. The Morgan fingerprint density at radius 1 is 1.35 bits per heavy atom. The first-order chi connectivity index (χ1) is 9.62. The highest BCUT2D eigenvalue weighted by Crippen LogP contribution is 2.21. The van der Waals surface area contributed by atoms with Crippen LogP contribution in [0.25, 0.3) is 0 Å². The van der Waals surface area contributed by atoms with Crippen molar-refractivity contribution in [3.8, 4) is 6.07 Å². The van der Waals surface area contributed by atoms with Crippen LogP contribution >= 0.6 is 0 Å². The maximum atomic E-state index is 9.36. The molecule has 3 heteroatoms. The molecule has 20 heavy (non-hydrogen) atoms. The number of hydrogen-bond acceptors (Lipinski definition) is 3. The quantitative estimate of drug-likeness (QED) is 0.736. The van der Waals surface area contributed by atoms with Crippen molar-refractivity contribution >= 4 is 5.69 Å². The van der Waals surface area contributed by atoms with Crippen molar-refractivity contribution in [3.05, 3.63) is 29.3 Å². The third-order valence-corrected chi connectivity index (χ3v) is 3.63. The van der Waals surface area contributed by atoms with Crippen molar-refractivity contribution in [3.63, 3.8) is 0 Å². The zero-order chi connectivity index (χ0) is 15.0. The van der Waals surface area contributed by atoms with Crippen LogP contribution in [0.15, 0.2) is 18.2 Å². The van der Waals surface area contributed by atoms with E-state index in [2.05, 4.69) is 56.2 Å². The first kappa shape index (κ1) is 16.5. The lowest BCUT2D eigenvalue weighted by atomic mass is 10.1. The van der Waals surface area contributed by atoms with E-state index in [4.69, 9.17) is 0 Å². The van der Waals surface area contributed by atoms with Crippen LogP contribution in [-0.2, 0) is 6.54 Å². The lowest BCUT2D eigenvalue weighted by Crippen LogP contribution is -2.24. The minimum Gasteiger partial charge on any atom is -0.373 e. The van der Waals surface area contributed by atoms with E-state index in [1.807, 2.05) is 6.07 Å². The van der Waals surface area contributed by atoms with E-state index < -0.39 is 0 Å². The smallest absolute Gasteiger partial charge is 0.101 e. The number of benzene rings is 1. The molecule has 0 aliphatic carbocycles. The van der Waals surface area contributed by atoms with E-state index >= 15 is 0 Å². The van der Waals surface area contributed by atoms with E-state index in [1.165, 1.54) is 5.56 Å². The van der Waals surface area contributed by atoms with Crippen LogP contribution in [0.3, 0.4) is 0 Å². The molecule has 0 heterocycles. The number of nitriles is 1. The van der Waals surface area contributed by atoms with Crippen LogP contribution in [0, 0.1) is 17.2 Å². The second kappa shape index (κ2) is 8.60. The summed E-state index contributed by atoms with van der Waals surface area (Å²) in [5.74, 6) is 0.637. The van der Waals surface area contributed by atoms with Crippen LogP contribution in [0.1, 0.15) is 44.7 Å². The molecule has 1 aromatic rings. The molecule has 110 valence electrons. The maximum Gasteiger partial charge on any atom is 0.101 e. The zero-order valence-corrected chi connectivity index (χ0v) is 13.2. The summed E-state index contributed by atoms with van der Waals surface area (Å²) in [4.78, 5) is 2.19. The van der Waals surface area contributed by atoms with Gasteiger partial charge in [-0.15, -0.1) is 0 Å². The summed E-state index contributed by atoms with van der Waals surface area (Å²) in [7, 11) is 2.07. The molecule has 1 N–H and O–H groups in total. The number of hydrogen-bond donors (Lipinski definition) is 1. The van der Waals surface area contributed by atoms with Gasteiger partial charge in [0.05, 0.1) is 11.3 Å². The van der Waals surface area contributed by atoms with Crippen LogP contribution in [0.2, 0.25) is 0 Å². The fourth-order valence-corrected chi connectivity index (χ4v) is 2.22. The third kappa shape index (κ3) is 4.86. The number of nitrogens with one attached hydrogen (secondary N) is 1. The van der Waals surface area contributed by atoms with Crippen LogP contribution in [0.4, 0.5) is 5.69 Å². The lowest BCUT2D eigenvalue weighted by Gasteiger charge is -2.24. The summed E-state index contributed by atoms with van der Waals surface area (Å²) in [6.45, 7) is 9.42. The fraction of sp³-hybridized carbons (Fsp3) is 0.588. The highest BCUT2D eigenvalue weighted by molar-refractivity contribution is 5.60. The van der Waals surface area contributed by atoms with Crippen molar-refractivity contribution < 1.29 is 0 Å². The molecule has 1 rings (SSSR count). The summed E-state index contributed by atoms with van der Waals surface area (Å²) < 4.78 is 0. The normalized spacial score (nSPS) is 11.9. The largest absolute Gasteiger partial charge is 0.373 e. The maximum absolute atomic E-state index is 9.36. The predicted molar refractivity (Wildman–Crippen MR) is 85.9 cm³/mol. The second-order valence-electron chi connectivity index (χ2n) is 5.53. The Morgan fingerprint density at radius 3 is 2.70 bits per heavy atom. The Balaban J connectivity index is 2.80. The number of rotatable bonds is 8. The molecule has 0 amide bonds. The molecule has 3 nitrogen and oxygen atoms in total. The number of anilines is 1. The van der Waals surface area contributed by atoms with Crippen molar-refractivity contribution in [2.75, 3.05) is 25.0 Å². The highest BCUT2D eigenvalue weighted by atomic mass is 15.1. The molecule has 0 saturated carbocycles. The highest BCUT2D eigenvalue weighted by Gasteiger charge is 2.10. The van der Waals surface area contributed by atoms with Gasteiger partial charge in [-0.05, 0) is 36.6 Å². The second-order valence-corrected chi connectivity index (χ2v) is 5.53. The lowest BCUT2D eigenvalue weighted by molar-refractivity contribution is 0.559. The number of nitrogens with zero attached hydrogens (tertiary/aromatic N) is 2. The summed E-state index contributed by atoms with van der Waals surface area (Å²) in [6, 6.07) is 8.52. The Kier molecular flexibility index (Phi) is 7.11. The zero-order valence-electron chi connectivity index (χ0n) is 13.2. The molecule has 0 fully saturated rings. The van der Waals surface area contributed by atoms with Crippen molar-refractivity contribution in [1.82, 2.24) is 5.32 Å². The average molecular weight is 273 g/mol. The summed E-state index contributed by atoms with van der Waals surface area (Å²) in [5.41, 5.74) is 2.98. The van der Waals surface area contributed by atoms with Gasteiger partial charge < -0.3 is 10.2 Å². The van der Waals surface area contributed by atoms with Crippen molar-refractivity contribution in [2.24, 2.45) is 5.92 Å². The van der Waals surface area contributed by atoms with E-state index in [-0.39, 0.29) is 0 Å². The Labute approximate surface area is 123 Å². The Hall–Kier alpha value is -1.53. The first-order valence-electron chi connectivity index (χ1n) is 7.57. The Bertz CT molecular complexity index is 448. The van der Waals surface area contributed by atoms with Gasteiger partial charge in [-0.3, -0.25) is 0 Å². The van der Waals surface area contributed by atoms with Gasteiger partial charge in [-0.1, -0.05) is 33.3 Å². The molecular weight excluding hydrogens is 246 g/mol. The van der Waals surface area contributed by atoms with E-state index in [9.17, 15) is 5.26 Å². The summed E-state index contributed by atoms with van der Waals surface area (Å²) in [6.07, 6.45) is 2.28. The van der Waals surface area contributed by atoms with E-state index in [0.29, 0.717) is 5.92 Å². The molecule has 0 aromatic heterocycles. The molecule has 0 radical (unpaired) electrons. The molecule has 1 unspecified atom stereocenters. The topological polar surface area (TPSA) is 39.1 Å². The summed E-state index contributed by atoms with van der Waals surface area (Å²) >= 11 is 0. The predicted octanol–water partition coefficient (Wildman–Crippen LogP) is 3.54. The fourth-order valence-electron chi connectivity index (χ4n) is 2.22. The SMILES string of the molecule is CCCNCc1ccc(N(C)CC(C)CC)c(C#N)c1. The molecular formula is C17H27N3. The van der Waals surface area contributed by atoms with Crippen molar-refractivity contribution in [2.45, 2.75) is 40.2 Å². The minimum absolute atomic E-state index is 0.637. The third-order valence-electron chi connectivity index (χ3n) is 3.63. The van der Waals surface area contributed by atoms with Gasteiger partial charge in [0.2, 0.25) is 0 Å². The van der Waals surface area contributed by atoms with Crippen LogP contribution < -0.4 is 10.2 Å².